The zero-order chi connectivity index (χ0) is 17.1. The number of nitrogens with zero attached hydrogens (tertiary/aromatic N) is 1. The van der Waals surface area contributed by atoms with Crippen molar-refractivity contribution in [1.82, 2.24) is 5.32 Å². The van der Waals surface area contributed by atoms with Gasteiger partial charge in [-0.3, -0.25) is 4.79 Å². The summed E-state index contributed by atoms with van der Waals surface area (Å²) in [6.07, 6.45) is 1.62. The third kappa shape index (κ3) is 3.55. The monoisotopic (exact) mass is 360 g/mol. The van der Waals surface area contributed by atoms with Crippen molar-refractivity contribution in [2.24, 2.45) is 4.99 Å². The minimum Gasteiger partial charge on any atom is -0.507 e. The van der Waals surface area contributed by atoms with Crippen LogP contribution in [0.5, 0.6) is 11.5 Å². The molecule has 7 heteroatoms. The Kier molecular flexibility index (Phi) is 4.78. The zero-order valence-corrected chi connectivity index (χ0v) is 14.2. The van der Waals surface area contributed by atoms with Gasteiger partial charge in [-0.25, -0.2) is 4.99 Å². The number of carbonyl (C=O) groups is 1. The van der Waals surface area contributed by atoms with E-state index >= 15 is 0 Å². The lowest BCUT2D eigenvalue weighted by molar-refractivity contribution is -0.115. The van der Waals surface area contributed by atoms with Crippen molar-refractivity contribution in [3.63, 3.8) is 0 Å². The highest BCUT2D eigenvalue weighted by Gasteiger charge is 2.24. The van der Waals surface area contributed by atoms with Gasteiger partial charge in [0.1, 0.15) is 17.2 Å². The third-order valence-corrected chi connectivity index (χ3v) is 4.38. The molecule has 122 valence electrons. The van der Waals surface area contributed by atoms with Gasteiger partial charge in [0.05, 0.1) is 12.0 Å². The van der Waals surface area contributed by atoms with Crippen LogP contribution in [0, 0.1) is 0 Å². The number of hydrogen-bond acceptors (Lipinski definition) is 5. The molecule has 2 N–H and O–H groups in total. The van der Waals surface area contributed by atoms with Crippen molar-refractivity contribution >= 4 is 46.2 Å². The topological polar surface area (TPSA) is 70.9 Å². The molecule has 24 heavy (non-hydrogen) atoms. The second-order valence-corrected chi connectivity index (χ2v) is 6.32. The van der Waals surface area contributed by atoms with Crippen LogP contribution in [0.25, 0.3) is 6.08 Å². The molecule has 1 aliphatic heterocycles. The number of halogens is 1. The van der Waals surface area contributed by atoms with Crippen LogP contribution >= 0.6 is 23.4 Å². The second-order valence-electron chi connectivity index (χ2n) is 4.86. The standard InChI is InChI=1S/C17H13ClN2O3S/c1-23-14-7-6-11(18)9-12(14)19-17-20-16(22)15(24-17)8-10-4-2-3-5-13(10)21/h2-9,21H,1H3,(H,19,20,22)/b15-8-. The van der Waals surface area contributed by atoms with Crippen LogP contribution < -0.4 is 10.1 Å². The Balaban J connectivity index is 1.90. The van der Waals surface area contributed by atoms with Crippen molar-refractivity contribution in [1.29, 1.82) is 0 Å². The van der Waals surface area contributed by atoms with E-state index in [1.54, 1.807) is 48.5 Å². The van der Waals surface area contributed by atoms with Crippen molar-refractivity contribution in [2.45, 2.75) is 0 Å². The van der Waals surface area contributed by atoms with Gasteiger partial charge in [-0.2, -0.15) is 0 Å². The second kappa shape index (κ2) is 6.98. The molecule has 1 amide bonds. The summed E-state index contributed by atoms with van der Waals surface area (Å²) in [7, 11) is 1.54. The van der Waals surface area contributed by atoms with Crippen molar-refractivity contribution < 1.29 is 14.6 Å². The number of ether oxygens (including phenoxy) is 1. The van der Waals surface area contributed by atoms with Gasteiger partial charge in [-0.1, -0.05) is 29.8 Å². The first-order valence-electron chi connectivity index (χ1n) is 6.98. The Morgan fingerprint density at radius 3 is 2.83 bits per heavy atom. The lowest BCUT2D eigenvalue weighted by Gasteiger charge is -2.05. The van der Waals surface area contributed by atoms with E-state index in [4.69, 9.17) is 16.3 Å². The van der Waals surface area contributed by atoms with Gasteiger partial charge in [0.15, 0.2) is 5.17 Å². The van der Waals surface area contributed by atoms with E-state index in [0.717, 1.165) is 0 Å². The van der Waals surface area contributed by atoms with Crippen molar-refractivity contribution in [2.75, 3.05) is 7.11 Å². The molecule has 1 saturated heterocycles. The number of phenolic OH excluding ortho intramolecular Hbond substituents is 1. The number of thioether (sulfide) groups is 1. The van der Waals surface area contributed by atoms with Crippen molar-refractivity contribution in [3.8, 4) is 11.5 Å². The predicted molar refractivity (Wildman–Crippen MR) is 96.9 cm³/mol. The number of amides is 1. The lowest BCUT2D eigenvalue weighted by atomic mass is 10.2. The van der Waals surface area contributed by atoms with E-state index in [1.165, 1.54) is 18.9 Å². The Morgan fingerprint density at radius 1 is 1.29 bits per heavy atom. The van der Waals surface area contributed by atoms with Gasteiger partial charge in [0.2, 0.25) is 0 Å². The average molecular weight is 361 g/mol. The van der Waals surface area contributed by atoms with Crippen LogP contribution in [-0.2, 0) is 4.79 Å². The molecular weight excluding hydrogens is 348 g/mol. The first-order chi connectivity index (χ1) is 11.6. The van der Waals surface area contributed by atoms with E-state index in [1.807, 2.05) is 0 Å². The van der Waals surface area contributed by atoms with E-state index in [9.17, 15) is 9.90 Å². The van der Waals surface area contributed by atoms with Gasteiger partial charge >= 0.3 is 0 Å². The number of aliphatic imine (C=N–C) groups is 1. The number of amidine groups is 1. The number of hydrogen-bond donors (Lipinski definition) is 2. The first kappa shape index (κ1) is 16.4. The van der Waals surface area contributed by atoms with E-state index < -0.39 is 0 Å². The average Bonchev–Trinajstić information content (AvgIpc) is 2.89. The fourth-order valence-electron chi connectivity index (χ4n) is 2.09. The molecule has 0 aliphatic carbocycles. The summed E-state index contributed by atoms with van der Waals surface area (Å²) in [5.74, 6) is 0.392. The first-order valence-corrected chi connectivity index (χ1v) is 8.17. The highest BCUT2D eigenvalue weighted by Crippen LogP contribution is 2.34. The number of para-hydroxylation sites is 1. The van der Waals surface area contributed by atoms with Gasteiger partial charge in [-0.15, -0.1) is 0 Å². The van der Waals surface area contributed by atoms with Crippen LogP contribution in [0.2, 0.25) is 5.02 Å². The number of phenols is 1. The third-order valence-electron chi connectivity index (χ3n) is 3.24. The molecule has 0 saturated carbocycles. The Hall–Kier alpha value is -2.44. The van der Waals surface area contributed by atoms with Gasteiger partial charge in [0, 0.05) is 10.6 Å². The molecule has 1 aliphatic rings. The number of rotatable bonds is 3. The van der Waals surface area contributed by atoms with E-state index in [0.29, 0.717) is 32.1 Å². The molecule has 0 atom stereocenters. The minimum atomic E-state index is -0.275. The number of benzene rings is 2. The molecule has 0 radical (unpaired) electrons. The summed E-state index contributed by atoms with van der Waals surface area (Å²) < 4.78 is 5.24. The summed E-state index contributed by atoms with van der Waals surface area (Å²) in [5.41, 5.74) is 1.09. The van der Waals surface area contributed by atoms with Crippen LogP contribution in [-0.4, -0.2) is 23.3 Å². The number of aromatic hydroxyl groups is 1. The van der Waals surface area contributed by atoms with Crippen LogP contribution in [0.4, 0.5) is 5.69 Å². The van der Waals surface area contributed by atoms with Crippen molar-refractivity contribution in [3.05, 3.63) is 58.0 Å². The Bertz CT molecular complexity index is 865. The zero-order valence-electron chi connectivity index (χ0n) is 12.6. The van der Waals surface area contributed by atoms with E-state index in [-0.39, 0.29) is 11.7 Å². The van der Waals surface area contributed by atoms with E-state index in [2.05, 4.69) is 10.3 Å². The maximum Gasteiger partial charge on any atom is 0.264 e. The molecule has 1 heterocycles. The predicted octanol–water partition coefficient (Wildman–Crippen LogP) is 3.95. The summed E-state index contributed by atoms with van der Waals surface area (Å²) in [6.45, 7) is 0. The number of methoxy groups -OCH3 is 1. The SMILES string of the molecule is COc1ccc(Cl)cc1N=C1NC(=O)/C(=C/c2ccccc2O)S1. The highest BCUT2D eigenvalue weighted by atomic mass is 35.5. The van der Waals surface area contributed by atoms with Crippen LogP contribution in [0.3, 0.4) is 0 Å². The normalized spacial score (nSPS) is 17.3. The summed E-state index contributed by atoms with van der Waals surface area (Å²) in [4.78, 5) is 16.9. The maximum absolute atomic E-state index is 12.1. The molecule has 5 nitrogen and oxygen atoms in total. The molecule has 2 aromatic carbocycles. The highest BCUT2D eigenvalue weighted by molar-refractivity contribution is 8.18. The minimum absolute atomic E-state index is 0.111. The molecule has 2 aromatic rings. The quantitative estimate of drug-likeness (QED) is 0.813. The molecule has 0 aromatic heterocycles. The van der Waals surface area contributed by atoms with Gasteiger partial charge < -0.3 is 15.2 Å². The molecule has 3 rings (SSSR count). The van der Waals surface area contributed by atoms with Crippen LogP contribution in [0.1, 0.15) is 5.56 Å². The molecule has 0 unspecified atom stereocenters. The largest absolute Gasteiger partial charge is 0.507 e. The lowest BCUT2D eigenvalue weighted by Crippen LogP contribution is -2.19. The Labute approximate surface area is 148 Å². The fourth-order valence-corrected chi connectivity index (χ4v) is 3.08. The van der Waals surface area contributed by atoms with Gasteiger partial charge in [0.25, 0.3) is 5.91 Å². The molecule has 0 spiro atoms. The number of nitrogens with one attached hydrogen (secondary N) is 1. The molecule has 1 fully saturated rings. The Morgan fingerprint density at radius 2 is 2.08 bits per heavy atom. The molecule has 0 bridgehead atoms. The summed E-state index contributed by atoms with van der Waals surface area (Å²) in [6, 6.07) is 11.9. The number of carbonyl (C=O) groups excluding carboxylic acids is 1. The summed E-state index contributed by atoms with van der Waals surface area (Å²) >= 11 is 7.17. The smallest absolute Gasteiger partial charge is 0.264 e. The van der Waals surface area contributed by atoms with Crippen LogP contribution in [0.15, 0.2) is 52.4 Å². The molecular formula is C17H13ClN2O3S. The maximum atomic E-state index is 12.1. The summed E-state index contributed by atoms with van der Waals surface area (Å²) in [5, 5.41) is 13.4. The van der Waals surface area contributed by atoms with Gasteiger partial charge in [-0.05, 0) is 42.1 Å². The fraction of sp³-hybridized carbons (Fsp3) is 0.0588.